The normalized spacial score (nSPS) is 10.2. The van der Waals surface area contributed by atoms with Gasteiger partial charge in [0.1, 0.15) is 4.99 Å². The van der Waals surface area contributed by atoms with Crippen molar-refractivity contribution in [2.24, 2.45) is 5.73 Å². The maximum atomic E-state index is 11.9. The van der Waals surface area contributed by atoms with Crippen LogP contribution in [0, 0.1) is 6.92 Å². The van der Waals surface area contributed by atoms with Crippen LogP contribution >= 0.6 is 23.6 Å². The summed E-state index contributed by atoms with van der Waals surface area (Å²) in [6, 6.07) is 9.49. The number of thiophene rings is 1. The molecule has 0 aliphatic rings. The highest BCUT2D eigenvalue weighted by atomic mass is 32.1. The maximum absolute atomic E-state index is 11.9. The molecule has 2 aromatic rings. The Morgan fingerprint density at radius 3 is 2.53 bits per heavy atom. The molecule has 19 heavy (non-hydrogen) atoms. The van der Waals surface area contributed by atoms with Gasteiger partial charge < -0.3 is 11.1 Å². The number of benzene rings is 1. The van der Waals surface area contributed by atoms with Gasteiger partial charge in [0, 0.05) is 12.1 Å². The monoisotopic (exact) mass is 290 g/mol. The van der Waals surface area contributed by atoms with E-state index in [0.29, 0.717) is 11.5 Å². The molecule has 3 N–H and O–H groups in total. The van der Waals surface area contributed by atoms with Crippen molar-refractivity contribution >= 4 is 34.5 Å². The zero-order valence-electron chi connectivity index (χ0n) is 10.5. The minimum absolute atomic E-state index is 0.0362. The van der Waals surface area contributed by atoms with Gasteiger partial charge in [-0.05, 0) is 29.5 Å². The summed E-state index contributed by atoms with van der Waals surface area (Å²) in [4.78, 5) is 13.1. The molecule has 0 bridgehead atoms. The van der Waals surface area contributed by atoms with E-state index in [4.69, 9.17) is 18.0 Å². The van der Waals surface area contributed by atoms with Gasteiger partial charge in [0.05, 0.1) is 4.88 Å². The van der Waals surface area contributed by atoms with E-state index < -0.39 is 0 Å². The van der Waals surface area contributed by atoms with Crippen molar-refractivity contribution in [3.05, 3.63) is 57.3 Å². The number of carbonyl (C=O) groups excluding carboxylic acids is 1. The molecule has 0 unspecified atom stereocenters. The lowest BCUT2D eigenvalue weighted by atomic mass is 10.1. The first-order valence-electron chi connectivity index (χ1n) is 5.79. The quantitative estimate of drug-likeness (QED) is 0.851. The van der Waals surface area contributed by atoms with E-state index in [2.05, 4.69) is 5.32 Å². The predicted octanol–water partition coefficient (Wildman–Crippen LogP) is 2.62. The minimum Gasteiger partial charge on any atom is -0.389 e. The van der Waals surface area contributed by atoms with Crippen molar-refractivity contribution in [3.8, 4) is 0 Å². The molecule has 0 saturated carbocycles. The second-order valence-corrected chi connectivity index (χ2v) is 5.53. The van der Waals surface area contributed by atoms with Crippen LogP contribution in [0.5, 0.6) is 0 Å². The van der Waals surface area contributed by atoms with Crippen LogP contribution < -0.4 is 11.1 Å². The first-order chi connectivity index (χ1) is 9.08. The van der Waals surface area contributed by atoms with E-state index in [9.17, 15) is 4.79 Å². The summed E-state index contributed by atoms with van der Waals surface area (Å²) in [6.07, 6.45) is 0. The van der Waals surface area contributed by atoms with E-state index in [1.165, 1.54) is 11.3 Å². The van der Waals surface area contributed by atoms with Gasteiger partial charge in [0.25, 0.3) is 5.91 Å². The maximum Gasteiger partial charge on any atom is 0.261 e. The fraction of sp³-hybridized carbons (Fsp3) is 0.143. The van der Waals surface area contributed by atoms with E-state index in [-0.39, 0.29) is 5.91 Å². The van der Waals surface area contributed by atoms with Gasteiger partial charge in [-0.2, -0.15) is 0 Å². The van der Waals surface area contributed by atoms with E-state index in [1.54, 1.807) is 0 Å². The van der Waals surface area contributed by atoms with E-state index >= 15 is 0 Å². The van der Waals surface area contributed by atoms with Crippen molar-refractivity contribution in [1.82, 2.24) is 5.32 Å². The molecule has 0 aliphatic heterocycles. The number of amides is 1. The molecule has 1 aromatic carbocycles. The minimum atomic E-state index is -0.0362. The molecule has 1 aromatic heterocycles. The third-order valence-electron chi connectivity index (χ3n) is 2.76. The van der Waals surface area contributed by atoms with Gasteiger partial charge in [-0.15, -0.1) is 11.3 Å². The highest BCUT2D eigenvalue weighted by Crippen LogP contribution is 2.15. The molecule has 3 nitrogen and oxygen atoms in total. The highest BCUT2D eigenvalue weighted by molar-refractivity contribution is 7.80. The fourth-order valence-corrected chi connectivity index (χ4v) is 2.63. The van der Waals surface area contributed by atoms with Crippen LogP contribution in [0.4, 0.5) is 0 Å². The Labute approximate surface area is 121 Å². The number of thiocarbonyl (C=S) groups is 1. The number of carbonyl (C=O) groups is 1. The van der Waals surface area contributed by atoms with E-state index in [1.807, 2.05) is 42.6 Å². The SMILES string of the molecule is Cc1ccsc1C(=O)NCc1ccc(C(N)=S)cc1. The van der Waals surface area contributed by atoms with Crippen LogP contribution in [0.3, 0.4) is 0 Å². The number of aryl methyl sites for hydroxylation is 1. The molecule has 2 rings (SSSR count). The van der Waals surface area contributed by atoms with Gasteiger partial charge in [0.2, 0.25) is 0 Å². The molecule has 0 fully saturated rings. The van der Waals surface area contributed by atoms with Gasteiger partial charge >= 0.3 is 0 Å². The van der Waals surface area contributed by atoms with E-state index in [0.717, 1.165) is 21.6 Å². The Kier molecular flexibility index (Phi) is 4.29. The van der Waals surface area contributed by atoms with Crippen molar-refractivity contribution in [3.63, 3.8) is 0 Å². The van der Waals surface area contributed by atoms with Crippen molar-refractivity contribution in [2.45, 2.75) is 13.5 Å². The van der Waals surface area contributed by atoms with Crippen LogP contribution in [0.15, 0.2) is 35.7 Å². The Morgan fingerprint density at radius 2 is 2.00 bits per heavy atom. The van der Waals surface area contributed by atoms with Crippen molar-refractivity contribution < 1.29 is 4.79 Å². The molecule has 1 heterocycles. The first-order valence-corrected chi connectivity index (χ1v) is 7.08. The first kappa shape index (κ1) is 13.7. The molecular formula is C14H14N2OS2. The highest BCUT2D eigenvalue weighted by Gasteiger charge is 2.09. The van der Waals surface area contributed by atoms with Crippen LogP contribution in [0.2, 0.25) is 0 Å². The molecular weight excluding hydrogens is 276 g/mol. The number of hydrogen-bond donors (Lipinski definition) is 2. The zero-order chi connectivity index (χ0) is 13.8. The lowest BCUT2D eigenvalue weighted by Gasteiger charge is -2.06. The molecule has 0 spiro atoms. The predicted molar refractivity (Wildman–Crippen MR) is 82.6 cm³/mol. The summed E-state index contributed by atoms with van der Waals surface area (Å²) >= 11 is 6.34. The summed E-state index contributed by atoms with van der Waals surface area (Å²) < 4.78 is 0. The summed E-state index contributed by atoms with van der Waals surface area (Å²) in [5.74, 6) is -0.0362. The standard InChI is InChI=1S/C14H14N2OS2/c1-9-6-7-19-12(9)14(17)16-8-10-2-4-11(5-3-10)13(15)18/h2-7H,8H2,1H3,(H2,15,18)(H,16,17). The van der Waals surface area contributed by atoms with Gasteiger partial charge in [-0.25, -0.2) is 0 Å². The number of hydrogen-bond acceptors (Lipinski definition) is 3. The molecule has 98 valence electrons. The summed E-state index contributed by atoms with van der Waals surface area (Å²) in [7, 11) is 0. The molecule has 0 saturated heterocycles. The third kappa shape index (κ3) is 3.39. The zero-order valence-corrected chi connectivity index (χ0v) is 12.1. The molecule has 1 amide bonds. The summed E-state index contributed by atoms with van der Waals surface area (Å²) in [5, 5.41) is 4.82. The van der Waals surface area contributed by atoms with Gasteiger partial charge in [-0.3, -0.25) is 4.79 Å². The van der Waals surface area contributed by atoms with Crippen LogP contribution in [-0.2, 0) is 6.54 Å². The smallest absolute Gasteiger partial charge is 0.261 e. The summed E-state index contributed by atoms with van der Waals surface area (Å²) in [5.41, 5.74) is 8.38. The van der Waals surface area contributed by atoms with Gasteiger partial charge in [0.15, 0.2) is 0 Å². The Balaban J connectivity index is 1.97. The number of nitrogens with two attached hydrogens (primary N) is 1. The largest absolute Gasteiger partial charge is 0.389 e. The van der Waals surface area contributed by atoms with Crippen molar-refractivity contribution in [2.75, 3.05) is 0 Å². The fourth-order valence-electron chi connectivity index (χ4n) is 1.65. The second-order valence-electron chi connectivity index (χ2n) is 4.18. The second kappa shape index (κ2) is 5.95. The number of nitrogens with one attached hydrogen (secondary N) is 1. The Bertz CT molecular complexity index is 602. The average molecular weight is 290 g/mol. The molecule has 0 aliphatic carbocycles. The lowest BCUT2D eigenvalue weighted by molar-refractivity contribution is 0.0954. The summed E-state index contributed by atoms with van der Waals surface area (Å²) in [6.45, 7) is 2.43. The topological polar surface area (TPSA) is 55.1 Å². The van der Waals surface area contributed by atoms with Crippen molar-refractivity contribution in [1.29, 1.82) is 0 Å². The van der Waals surface area contributed by atoms with Crippen LogP contribution in [0.25, 0.3) is 0 Å². The average Bonchev–Trinajstić information content (AvgIpc) is 2.83. The third-order valence-corrected chi connectivity index (χ3v) is 4.01. The van der Waals surface area contributed by atoms with Gasteiger partial charge in [-0.1, -0.05) is 36.5 Å². The van der Waals surface area contributed by atoms with Crippen LogP contribution in [-0.4, -0.2) is 10.9 Å². The molecule has 0 atom stereocenters. The molecule has 5 heteroatoms. The molecule has 0 radical (unpaired) electrons. The lowest BCUT2D eigenvalue weighted by Crippen LogP contribution is -2.22. The Morgan fingerprint density at radius 1 is 1.32 bits per heavy atom. The Hall–Kier alpha value is -1.72. The number of rotatable bonds is 4. The van der Waals surface area contributed by atoms with Crippen LogP contribution in [0.1, 0.15) is 26.4 Å².